The molecule has 0 aliphatic carbocycles. The van der Waals surface area contributed by atoms with Crippen LogP contribution in [0, 0.1) is 23.2 Å². The van der Waals surface area contributed by atoms with Gasteiger partial charge in [0.15, 0.2) is 6.17 Å². The molecule has 7 nitrogen and oxygen atoms in total. The molecule has 3 heterocycles. The van der Waals surface area contributed by atoms with Crippen LogP contribution in [-0.4, -0.2) is 45.2 Å². The Balaban J connectivity index is 0.00000256. The van der Waals surface area contributed by atoms with Crippen molar-refractivity contribution >= 4 is 17.5 Å². The molecule has 2 bridgehead atoms. The standard InChI is InChI=1S/C18H14F4N2O5.CH4/c1-15-10-11(16(2,29-15)17(27,28)14(15)19)13(26)24(12(10)25)8-4-3-7(6-23)9(5-8)18(20,21)22;/h3-5,10-11,14,27-28H,1-2H3;1H4/t10-,11+,14+,15-,16+;/m1./s1. The van der Waals surface area contributed by atoms with E-state index in [0.29, 0.717) is 11.0 Å². The monoisotopic (exact) mass is 430 g/mol. The van der Waals surface area contributed by atoms with E-state index in [1.165, 1.54) is 6.07 Å². The third-order valence-corrected chi connectivity index (χ3v) is 6.22. The van der Waals surface area contributed by atoms with Crippen LogP contribution >= 0.6 is 0 Å². The van der Waals surface area contributed by atoms with Crippen molar-refractivity contribution in [3.05, 3.63) is 29.3 Å². The lowest BCUT2D eigenvalue weighted by Gasteiger charge is -2.40. The molecular formula is C19H18F4N2O5. The highest BCUT2D eigenvalue weighted by Crippen LogP contribution is 2.64. The fraction of sp³-hybridized carbons (Fsp3) is 0.526. The Morgan fingerprint density at radius 2 is 1.73 bits per heavy atom. The zero-order valence-electron chi connectivity index (χ0n) is 15.0. The molecule has 2 N–H and O–H groups in total. The Labute approximate surface area is 168 Å². The maximum absolute atomic E-state index is 14.7. The number of alkyl halides is 4. The van der Waals surface area contributed by atoms with E-state index in [2.05, 4.69) is 0 Å². The summed E-state index contributed by atoms with van der Waals surface area (Å²) in [6, 6.07) is 3.70. The number of benzene rings is 1. The van der Waals surface area contributed by atoms with Gasteiger partial charge in [-0.15, -0.1) is 0 Å². The van der Waals surface area contributed by atoms with Crippen molar-refractivity contribution in [3.63, 3.8) is 0 Å². The van der Waals surface area contributed by atoms with E-state index in [0.717, 1.165) is 26.0 Å². The molecule has 3 fully saturated rings. The van der Waals surface area contributed by atoms with Gasteiger partial charge in [-0.2, -0.15) is 18.4 Å². The van der Waals surface area contributed by atoms with Crippen LogP contribution in [0.5, 0.6) is 0 Å². The number of halogens is 4. The quantitative estimate of drug-likeness (QED) is 0.400. The minimum Gasteiger partial charge on any atom is -0.361 e. The van der Waals surface area contributed by atoms with Crippen LogP contribution in [0.1, 0.15) is 32.4 Å². The number of ether oxygens (including phenoxy) is 1. The first kappa shape index (κ1) is 22.1. The molecule has 5 atom stereocenters. The minimum atomic E-state index is -4.92. The molecule has 0 spiro atoms. The number of hydrogen-bond donors (Lipinski definition) is 2. The molecule has 0 unspecified atom stereocenters. The second kappa shape index (κ2) is 6.00. The number of anilines is 1. The summed E-state index contributed by atoms with van der Waals surface area (Å²) in [7, 11) is 0. The first-order valence-corrected chi connectivity index (χ1v) is 8.50. The van der Waals surface area contributed by atoms with E-state index in [4.69, 9.17) is 10.00 Å². The number of rotatable bonds is 1. The first-order chi connectivity index (χ1) is 13.2. The molecule has 11 heteroatoms. The molecule has 4 rings (SSSR count). The fourth-order valence-electron chi connectivity index (χ4n) is 4.81. The van der Waals surface area contributed by atoms with Gasteiger partial charge in [-0.1, -0.05) is 7.43 Å². The summed E-state index contributed by atoms with van der Waals surface area (Å²) in [5.74, 6) is -8.08. The van der Waals surface area contributed by atoms with Gasteiger partial charge >= 0.3 is 6.18 Å². The molecule has 0 saturated carbocycles. The molecule has 3 aliphatic rings. The number of amides is 2. The first-order valence-electron chi connectivity index (χ1n) is 8.50. The molecule has 0 aromatic heterocycles. The topological polar surface area (TPSA) is 111 Å². The van der Waals surface area contributed by atoms with Gasteiger partial charge in [0, 0.05) is 0 Å². The van der Waals surface area contributed by atoms with Gasteiger partial charge in [0.2, 0.25) is 17.6 Å². The highest BCUT2D eigenvalue weighted by molar-refractivity contribution is 6.23. The Kier molecular flexibility index (Phi) is 4.43. The van der Waals surface area contributed by atoms with E-state index >= 15 is 0 Å². The molecule has 1 aromatic rings. The second-order valence-corrected chi connectivity index (χ2v) is 7.79. The highest BCUT2D eigenvalue weighted by Gasteiger charge is 2.85. The average molecular weight is 430 g/mol. The molecule has 162 valence electrons. The van der Waals surface area contributed by atoms with Gasteiger partial charge in [-0.3, -0.25) is 9.59 Å². The summed E-state index contributed by atoms with van der Waals surface area (Å²) in [5, 5.41) is 29.3. The normalized spacial score (nSPS) is 36.5. The maximum atomic E-state index is 14.7. The largest absolute Gasteiger partial charge is 0.417 e. The number of imide groups is 1. The fourth-order valence-corrected chi connectivity index (χ4v) is 4.81. The molecule has 3 saturated heterocycles. The summed E-state index contributed by atoms with van der Waals surface area (Å²) >= 11 is 0. The molecule has 3 aliphatic heterocycles. The van der Waals surface area contributed by atoms with E-state index in [-0.39, 0.29) is 7.43 Å². The summed E-state index contributed by atoms with van der Waals surface area (Å²) in [6.07, 6.45) is -7.34. The van der Waals surface area contributed by atoms with Gasteiger partial charge in [0.25, 0.3) is 0 Å². The SMILES string of the molecule is C.C[C@@]12O[C@@](C)([C@@H]3C(=O)N(c4ccc(C#N)c(C(F)(F)F)c4)C(=O)[C@@H]31)C(O)(O)[C@H]2F. The number of carbonyl (C=O) groups is 2. The van der Waals surface area contributed by atoms with Crippen molar-refractivity contribution < 1.29 is 42.1 Å². The summed E-state index contributed by atoms with van der Waals surface area (Å²) in [6.45, 7) is 2.19. The predicted octanol–water partition coefficient (Wildman–Crippen LogP) is 1.90. The highest BCUT2D eigenvalue weighted by atomic mass is 19.4. The molecule has 30 heavy (non-hydrogen) atoms. The Morgan fingerprint density at radius 3 is 2.27 bits per heavy atom. The van der Waals surface area contributed by atoms with Crippen LogP contribution in [0.2, 0.25) is 0 Å². The third kappa shape index (κ3) is 2.29. The lowest BCUT2D eigenvalue weighted by atomic mass is 9.65. The van der Waals surface area contributed by atoms with Crippen molar-refractivity contribution in [1.29, 1.82) is 5.26 Å². The Morgan fingerprint density at radius 1 is 1.17 bits per heavy atom. The van der Waals surface area contributed by atoms with E-state index in [9.17, 15) is 37.4 Å². The van der Waals surface area contributed by atoms with Gasteiger partial charge in [-0.25, -0.2) is 9.29 Å². The predicted molar refractivity (Wildman–Crippen MR) is 92.3 cm³/mol. The molecule has 1 aromatic carbocycles. The summed E-state index contributed by atoms with van der Waals surface area (Å²) in [5.41, 5.74) is -6.72. The number of carbonyl (C=O) groups excluding carboxylic acids is 2. The van der Waals surface area contributed by atoms with Crippen LogP contribution in [0.25, 0.3) is 0 Å². The van der Waals surface area contributed by atoms with E-state index in [1.54, 1.807) is 0 Å². The van der Waals surface area contributed by atoms with Crippen LogP contribution < -0.4 is 4.90 Å². The maximum Gasteiger partial charge on any atom is 0.417 e. The summed E-state index contributed by atoms with van der Waals surface area (Å²) < 4.78 is 59.9. The number of nitrogens with zero attached hydrogens (tertiary/aromatic N) is 2. The number of nitriles is 1. The second-order valence-electron chi connectivity index (χ2n) is 7.79. The van der Waals surface area contributed by atoms with Crippen molar-refractivity contribution in [3.8, 4) is 6.07 Å². The molecular weight excluding hydrogens is 412 g/mol. The Hall–Kier alpha value is -2.55. The van der Waals surface area contributed by atoms with Crippen molar-refractivity contribution in [2.75, 3.05) is 4.90 Å². The lowest BCUT2D eigenvalue weighted by Crippen LogP contribution is -2.64. The lowest BCUT2D eigenvalue weighted by molar-refractivity contribution is -0.266. The summed E-state index contributed by atoms with van der Waals surface area (Å²) in [4.78, 5) is 26.4. The van der Waals surface area contributed by atoms with Crippen LogP contribution in [-0.2, 0) is 20.5 Å². The van der Waals surface area contributed by atoms with Crippen LogP contribution in [0.3, 0.4) is 0 Å². The average Bonchev–Trinajstić information content (AvgIpc) is 3.09. The smallest absolute Gasteiger partial charge is 0.361 e. The molecule has 2 amide bonds. The Bertz CT molecular complexity index is 1000. The van der Waals surface area contributed by atoms with E-state index < -0.39 is 69.8 Å². The van der Waals surface area contributed by atoms with E-state index in [1.807, 2.05) is 0 Å². The number of aliphatic hydroxyl groups is 2. The third-order valence-electron chi connectivity index (χ3n) is 6.22. The van der Waals surface area contributed by atoms with Crippen molar-refractivity contribution in [2.24, 2.45) is 11.8 Å². The van der Waals surface area contributed by atoms with Gasteiger partial charge < -0.3 is 14.9 Å². The zero-order valence-corrected chi connectivity index (χ0v) is 15.0. The van der Waals surface area contributed by atoms with Gasteiger partial charge in [0.05, 0.1) is 34.7 Å². The van der Waals surface area contributed by atoms with Gasteiger partial charge in [-0.05, 0) is 32.0 Å². The van der Waals surface area contributed by atoms with Crippen molar-refractivity contribution in [1.82, 2.24) is 0 Å². The number of hydrogen-bond acceptors (Lipinski definition) is 6. The zero-order chi connectivity index (χ0) is 21.7. The van der Waals surface area contributed by atoms with Crippen LogP contribution in [0.4, 0.5) is 23.2 Å². The minimum absolute atomic E-state index is 0. The van der Waals surface area contributed by atoms with Gasteiger partial charge in [0.1, 0.15) is 11.2 Å². The van der Waals surface area contributed by atoms with Crippen LogP contribution in [0.15, 0.2) is 18.2 Å². The number of fused-ring (bicyclic) bond motifs is 5. The molecule has 0 radical (unpaired) electrons. The van der Waals surface area contributed by atoms with Crippen molar-refractivity contribution in [2.45, 2.75) is 50.6 Å².